The van der Waals surface area contributed by atoms with Gasteiger partial charge < -0.3 is 4.74 Å². The van der Waals surface area contributed by atoms with Gasteiger partial charge in [-0.2, -0.15) is 0 Å². The summed E-state index contributed by atoms with van der Waals surface area (Å²) in [7, 11) is 1.68. The van der Waals surface area contributed by atoms with Crippen LogP contribution in [0.5, 0.6) is 5.75 Å². The Labute approximate surface area is 137 Å². The number of alkyl halides is 1. The van der Waals surface area contributed by atoms with Gasteiger partial charge in [-0.25, -0.2) is 0 Å². The highest BCUT2D eigenvalue weighted by molar-refractivity contribution is 9.11. The maximum atomic E-state index is 5.25. The second-order valence-corrected chi connectivity index (χ2v) is 6.83. The van der Waals surface area contributed by atoms with Crippen LogP contribution < -0.4 is 4.74 Å². The van der Waals surface area contributed by atoms with Crippen molar-refractivity contribution in [2.45, 2.75) is 25.6 Å². The summed E-state index contributed by atoms with van der Waals surface area (Å²) in [5.74, 6) is 0.859. The Morgan fingerprint density at radius 3 is 2.10 bits per heavy atom. The minimum atomic E-state index is 0.170. The lowest BCUT2D eigenvalue weighted by molar-refractivity contribution is 0.414. The van der Waals surface area contributed by atoms with Crippen LogP contribution in [0.4, 0.5) is 0 Å². The van der Waals surface area contributed by atoms with Crippen LogP contribution >= 0.6 is 31.9 Å². The molecule has 106 valence electrons. The summed E-state index contributed by atoms with van der Waals surface area (Å²) in [6, 6.07) is 10.6. The fourth-order valence-electron chi connectivity index (χ4n) is 2.59. The highest BCUT2D eigenvalue weighted by atomic mass is 79.9. The smallest absolute Gasteiger partial charge is 0.120 e. The van der Waals surface area contributed by atoms with E-state index in [9.17, 15) is 0 Å². The zero-order chi connectivity index (χ0) is 14.9. The quantitative estimate of drug-likeness (QED) is 0.588. The van der Waals surface area contributed by atoms with E-state index in [4.69, 9.17) is 4.74 Å². The average Bonchev–Trinajstić information content (AvgIpc) is 2.37. The van der Waals surface area contributed by atoms with Crippen LogP contribution in [0.1, 0.15) is 32.6 Å². The molecule has 0 heterocycles. The summed E-state index contributed by atoms with van der Waals surface area (Å²) in [4.78, 5) is 0.170. The van der Waals surface area contributed by atoms with Gasteiger partial charge >= 0.3 is 0 Å². The van der Waals surface area contributed by atoms with E-state index in [0.29, 0.717) is 0 Å². The lowest BCUT2D eigenvalue weighted by Gasteiger charge is -2.19. The fourth-order valence-corrected chi connectivity index (χ4v) is 4.60. The zero-order valence-corrected chi connectivity index (χ0v) is 15.3. The van der Waals surface area contributed by atoms with Crippen LogP contribution in [0.25, 0.3) is 0 Å². The van der Waals surface area contributed by atoms with E-state index in [2.05, 4.69) is 70.8 Å². The van der Waals surface area contributed by atoms with Crippen molar-refractivity contribution in [1.82, 2.24) is 0 Å². The van der Waals surface area contributed by atoms with Crippen molar-refractivity contribution < 1.29 is 4.74 Å². The van der Waals surface area contributed by atoms with E-state index in [-0.39, 0.29) is 4.83 Å². The van der Waals surface area contributed by atoms with Gasteiger partial charge in [0.25, 0.3) is 0 Å². The molecule has 2 aromatic carbocycles. The predicted molar refractivity (Wildman–Crippen MR) is 92.1 cm³/mol. The third kappa shape index (κ3) is 3.09. The fraction of sp³-hybridized carbons (Fsp3) is 0.294. The second-order valence-electron chi connectivity index (χ2n) is 5.06. The summed E-state index contributed by atoms with van der Waals surface area (Å²) in [6.07, 6.45) is 0. The van der Waals surface area contributed by atoms with E-state index in [1.54, 1.807) is 7.11 Å². The van der Waals surface area contributed by atoms with Gasteiger partial charge in [0.1, 0.15) is 5.75 Å². The van der Waals surface area contributed by atoms with E-state index >= 15 is 0 Å². The Kier molecular flexibility index (Phi) is 4.92. The van der Waals surface area contributed by atoms with Gasteiger partial charge in [0.2, 0.25) is 0 Å². The molecule has 0 aliphatic heterocycles. The minimum absolute atomic E-state index is 0.170. The molecule has 0 saturated carbocycles. The molecule has 0 spiro atoms. The summed E-state index contributed by atoms with van der Waals surface area (Å²) in [5.41, 5.74) is 6.47. The third-order valence-electron chi connectivity index (χ3n) is 3.47. The molecule has 0 aromatic heterocycles. The summed E-state index contributed by atoms with van der Waals surface area (Å²) in [5, 5.41) is 0. The Morgan fingerprint density at radius 2 is 1.60 bits per heavy atom. The van der Waals surface area contributed by atoms with Gasteiger partial charge in [-0.1, -0.05) is 55.6 Å². The maximum absolute atomic E-state index is 5.25. The molecule has 0 fully saturated rings. The summed E-state index contributed by atoms with van der Waals surface area (Å²) < 4.78 is 6.31. The molecule has 3 heteroatoms. The van der Waals surface area contributed by atoms with Crippen LogP contribution in [0.3, 0.4) is 0 Å². The van der Waals surface area contributed by atoms with E-state index in [0.717, 1.165) is 10.2 Å². The number of halogens is 2. The minimum Gasteiger partial charge on any atom is -0.497 e. The van der Waals surface area contributed by atoms with Crippen LogP contribution in [0, 0.1) is 20.8 Å². The molecule has 1 nitrogen and oxygen atoms in total. The molecule has 2 rings (SSSR count). The first-order valence-electron chi connectivity index (χ1n) is 6.49. The Bertz CT molecular complexity index is 612. The topological polar surface area (TPSA) is 9.23 Å². The lowest BCUT2D eigenvalue weighted by atomic mass is 9.94. The standard InChI is InChI=1S/C17H18Br2O/c1-10-7-11(2)16(12(3)8-10)17(19)14-6-5-13(20-4)9-15(14)18/h5-9,17H,1-4H3. The van der Waals surface area contributed by atoms with Crippen molar-refractivity contribution in [2.24, 2.45) is 0 Å². The molecule has 0 amide bonds. The van der Waals surface area contributed by atoms with Gasteiger partial charge in [-0.3, -0.25) is 0 Å². The van der Waals surface area contributed by atoms with Crippen molar-refractivity contribution >= 4 is 31.9 Å². The Balaban J connectivity index is 2.49. The molecule has 0 saturated heterocycles. The molecule has 1 atom stereocenters. The summed E-state index contributed by atoms with van der Waals surface area (Å²) >= 11 is 7.49. The van der Waals surface area contributed by atoms with Crippen molar-refractivity contribution in [1.29, 1.82) is 0 Å². The molecule has 0 bridgehead atoms. The number of aryl methyl sites for hydroxylation is 3. The summed E-state index contributed by atoms with van der Waals surface area (Å²) in [6.45, 7) is 6.47. The largest absolute Gasteiger partial charge is 0.497 e. The molecule has 20 heavy (non-hydrogen) atoms. The van der Waals surface area contributed by atoms with Gasteiger partial charge in [0.05, 0.1) is 11.9 Å². The van der Waals surface area contributed by atoms with Gasteiger partial charge in [0, 0.05) is 4.47 Å². The van der Waals surface area contributed by atoms with Crippen molar-refractivity contribution in [3.8, 4) is 5.75 Å². The Hall–Kier alpha value is -0.800. The van der Waals surface area contributed by atoms with E-state index < -0.39 is 0 Å². The molecule has 0 aliphatic carbocycles. The third-order valence-corrected chi connectivity index (χ3v) is 5.11. The van der Waals surface area contributed by atoms with E-state index in [1.807, 2.05) is 12.1 Å². The first kappa shape index (κ1) is 15.6. The van der Waals surface area contributed by atoms with Crippen molar-refractivity contribution in [3.63, 3.8) is 0 Å². The normalized spacial score (nSPS) is 12.3. The average molecular weight is 398 g/mol. The highest BCUT2D eigenvalue weighted by Crippen LogP contribution is 2.39. The van der Waals surface area contributed by atoms with Crippen molar-refractivity contribution in [2.75, 3.05) is 7.11 Å². The highest BCUT2D eigenvalue weighted by Gasteiger charge is 2.18. The molecule has 0 radical (unpaired) electrons. The molecular formula is C17H18Br2O. The van der Waals surface area contributed by atoms with Crippen LogP contribution in [0.2, 0.25) is 0 Å². The predicted octanol–water partition coefficient (Wildman–Crippen LogP) is 5.87. The van der Waals surface area contributed by atoms with Crippen LogP contribution in [-0.2, 0) is 0 Å². The molecule has 0 aliphatic rings. The number of rotatable bonds is 3. The van der Waals surface area contributed by atoms with E-state index in [1.165, 1.54) is 27.8 Å². The van der Waals surface area contributed by atoms with Crippen molar-refractivity contribution in [3.05, 3.63) is 62.6 Å². The first-order valence-corrected chi connectivity index (χ1v) is 8.20. The number of ether oxygens (including phenoxy) is 1. The lowest BCUT2D eigenvalue weighted by Crippen LogP contribution is -2.01. The first-order chi connectivity index (χ1) is 9.43. The zero-order valence-electron chi connectivity index (χ0n) is 12.1. The second kappa shape index (κ2) is 6.31. The van der Waals surface area contributed by atoms with Crippen LogP contribution in [-0.4, -0.2) is 7.11 Å². The van der Waals surface area contributed by atoms with Gasteiger partial charge in [0.15, 0.2) is 0 Å². The molecule has 2 aromatic rings. The molecule has 1 unspecified atom stereocenters. The molecular weight excluding hydrogens is 380 g/mol. The monoisotopic (exact) mass is 396 g/mol. The van der Waals surface area contributed by atoms with Gasteiger partial charge in [-0.15, -0.1) is 0 Å². The number of methoxy groups -OCH3 is 1. The number of hydrogen-bond acceptors (Lipinski definition) is 1. The SMILES string of the molecule is COc1ccc(C(Br)c2c(C)cc(C)cc2C)c(Br)c1. The molecule has 0 N–H and O–H groups in total. The Morgan fingerprint density at radius 1 is 1.00 bits per heavy atom. The number of hydrogen-bond donors (Lipinski definition) is 0. The maximum Gasteiger partial charge on any atom is 0.120 e. The van der Waals surface area contributed by atoms with Crippen LogP contribution in [0.15, 0.2) is 34.8 Å². The number of benzene rings is 2. The van der Waals surface area contributed by atoms with Gasteiger partial charge in [-0.05, 0) is 55.2 Å².